The van der Waals surface area contributed by atoms with Crippen LogP contribution in [-0.2, 0) is 0 Å². The fourth-order valence-corrected chi connectivity index (χ4v) is 1.86. The number of terminal acetylenes is 1. The molecule has 0 unspecified atom stereocenters. The molecule has 0 radical (unpaired) electrons. The van der Waals surface area contributed by atoms with Crippen molar-refractivity contribution in [3.8, 4) is 18.4 Å². The quantitative estimate of drug-likeness (QED) is 0.686. The lowest BCUT2D eigenvalue weighted by Gasteiger charge is -1.88. The minimum Gasteiger partial charge on any atom is -0.477 e. The van der Waals surface area contributed by atoms with Crippen molar-refractivity contribution in [1.82, 2.24) is 0 Å². The van der Waals surface area contributed by atoms with E-state index in [4.69, 9.17) is 16.8 Å². The third kappa shape index (κ3) is 1.40. The molecule has 1 N–H and O–H groups in total. The molecule has 0 aliphatic carbocycles. The van der Waals surface area contributed by atoms with Gasteiger partial charge in [0.15, 0.2) is 0 Å². The Morgan fingerprint density at radius 2 is 2.31 bits per heavy atom. The van der Waals surface area contributed by atoms with E-state index < -0.39 is 5.97 Å². The predicted molar refractivity (Wildman–Crippen MR) is 48.7 cm³/mol. The maximum absolute atomic E-state index is 10.7. The zero-order valence-corrected chi connectivity index (χ0v) is 7.60. The molecule has 1 rings (SSSR count). The second-order valence-corrected chi connectivity index (χ2v) is 3.34. The average Bonchev–Trinajstić information content (AvgIpc) is 2.41. The number of aromatic carboxylic acids is 1. The molecule has 4 heteroatoms. The lowest BCUT2D eigenvalue weighted by molar-refractivity contribution is 0.0701. The zero-order chi connectivity index (χ0) is 10.0. The summed E-state index contributed by atoms with van der Waals surface area (Å²) >= 11 is 0.961. The van der Waals surface area contributed by atoms with Gasteiger partial charge in [0.2, 0.25) is 0 Å². The van der Waals surface area contributed by atoms with Gasteiger partial charge >= 0.3 is 5.97 Å². The smallest absolute Gasteiger partial charge is 0.346 e. The summed E-state index contributed by atoms with van der Waals surface area (Å²) in [5.74, 6) is 1.25. The van der Waals surface area contributed by atoms with Crippen LogP contribution in [0.15, 0.2) is 0 Å². The van der Waals surface area contributed by atoms with Crippen LogP contribution in [0.4, 0.5) is 0 Å². The van der Waals surface area contributed by atoms with E-state index in [0.29, 0.717) is 16.0 Å². The highest BCUT2D eigenvalue weighted by molar-refractivity contribution is 7.14. The molecule has 1 aromatic rings. The van der Waals surface area contributed by atoms with Crippen molar-refractivity contribution in [3.05, 3.63) is 20.9 Å². The molecule has 0 aliphatic heterocycles. The summed E-state index contributed by atoms with van der Waals surface area (Å²) in [5, 5.41) is 17.4. The van der Waals surface area contributed by atoms with Gasteiger partial charge in [-0.15, -0.1) is 17.8 Å². The predicted octanol–water partition coefficient (Wildman–Crippen LogP) is 1.61. The molecule has 0 saturated carbocycles. The monoisotopic (exact) mass is 191 g/mol. The molecule has 1 heterocycles. The normalized spacial score (nSPS) is 8.85. The van der Waals surface area contributed by atoms with Gasteiger partial charge < -0.3 is 5.11 Å². The number of rotatable bonds is 1. The number of nitrogens with zero attached hydrogens (tertiary/aromatic N) is 1. The molecule has 64 valence electrons. The molecule has 0 atom stereocenters. The summed E-state index contributed by atoms with van der Waals surface area (Å²) in [4.78, 5) is 11.2. The number of nitriles is 1. The maximum atomic E-state index is 10.7. The summed E-state index contributed by atoms with van der Waals surface area (Å²) in [6.45, 7) is 1.58. The van der Waals surface area contributed by atoms with E-state index in [2.05, 4.69) is 5.92 Å². The van der Waals surface area contributed by atoms with Crippen LogP contribution in [0.2, 0.25) is 0 Å². The highest BCUT2D eigenvalue weighted by Crippen LogP contribution is 2.26. The summed E-state index contributed by atoms with van der Waals surface area (Å²) in [6.07, 6.45) is 5.12. The van der Waals surface area contributed by atoms with E-state index >= 15 is 0 Å². The minimum absolute atomic E-state index is 0.143. The van der Waals surface area contributed by atoms with Crippen LogP contribution in [-0.4, -0.2) is 11.1 Å². The van der Waals surface area contributed by atoms with Crippen molar-refractivity contribution in [2.75, 3.05) is 0 Å². The van der Waals surface area contributed by atoms with Crippen molar-refractivity contribution >= 4 is 17.3 Å². The Morgan fingerprint density at radius 1 is 1.69 bits per heavy atom. The van der Waals surface area contributed by atoms with E-state index in [9.17, 15) is 4.79 Å². The van der Waals surface area contributed by atoms with Gasteiger partial charge in [-0.2, -0.15) is 5.26 Å². The Hall–Kier alpha value is -1.78. The largest absolute Gasteiger partial charge is 0.477 e. The molecule has 0 spiro atoms. The van der Waals surface area contributed by atoms with Gasteiger partial charge in [0.25, 0.3) is 0 Å². The van der Waals surface area contributed by atoms with Crippen molar-refractivity contribution in [3.63, 3.8) is 0 Å². The first-order valence-corrected chi connectivity index (χ1v) is 4.16. The van der Waals surface area contributed by atoms with Gasteiger partial charge in [-0.3, -0.25) is 0 Å². The first-order valence-electron chi connectivity index (χ1n) is 3.35. The van der Waals surface area contributed by atoms with E-state index in [0.717, 1.165) is 11.3 Å². The van der Waals surface area contributed by atoms with Crippen LogP contribution in [0, 0.1) is 30.6 Å². The third-order valence-corrected chi connectivity index (χ3v) is 2.79. The number of hydrogen-bond acceptors (Lipinski definition) is 3. The van der Waals surface area contributed by atoms with Crippen molar-refractivity contribution in [1.29, 1.82) is 5.26 Å². The number of carboxylic acids is 1. The van der Waals surface area contributed by atoms with Crippen molar-refractivity contribution in [2.24, 2.45) is 0 Å². The SMILES string of the molecule is C#Cc1sc(C(=O)O)c(C)c1C#N. The Kier molecular flexibility index (Phi) is 2.36. The molecular formula is C9H5NO2S. The lowest BCUT2D eigenvalue weighted by Crippen LogP contribution is -1.94. The molecule has 0 saturated heterocycles. The molecule has 0 aliphatic rings. The highest BCUT2D eigenvalue weighted by atomic mass is 32.1. The Bertz CT molecular complexity index is 445. The lowest BCUT2D eigenvalue weighted by atomic mass is 10.1. The number of carboxylic acid groups (broad SMARTS) is 1. The van der Waals surface area contributed by atoms with Gasteiger partial charge in [0.1, 0.15) is 10.9 Å². The summed E-state index contributed by atoms with van der Waals surface area (Å²) in [6, 6.07) is 1.89. The maximum Gasteiger partial charge on any atom is 0.346 e. The van der Waals surface area contributed by atoms with Crippen LogP contribution in [0.1, 0.15) is 25.7 Å². The fraction of sp³-hybridized carbons (Fsp3) is 0.111. The number of carbonyl (C=O) groups is 1. The second-order valence-electron chi connectivity index (χ2n) is 2.32. The molecule has 3 nitrogen and oxygen atoms in total. The van der Waals surface area contributed by atoms with Crippen LogP contribution in [0.3, 0.4) is 0 Å². The van der Waals surface area contributed by atoms with Crippen LogP contribution in [0.5, 0.6) is 0 Å². The van der Waals surface area contributed by atoms with Gasteiger partial charge in [-0.05, 0) is 12.5 Å². The molecule has 0 aromatic carbocycles. The van der Waals surface area contributed by atoms with E-state index in [1.165, 1.54) is 0 Å². The fourth-order valence-electron chi connectivity index (χ4n) is 0.954. The first-order chi connectivity index (χ1) is 6.11. The van der Waals surface area contributed by atoms with Gasteiger partial charge in [0.05, 0.1) is 10.4 Å². The van der Waals surface area contributed by atoms with Crippen LogP contribution < -0.4 is 0 Å². The van der Waals surface area contributed by atoms with Gasteiger partial charge in [0, 0.05) is 0 Å². The van der Waals surface area contributed by atoms with E-state index in [1.54, 1.807) is 6.92 Å². The van der Waals surface area contributed by atoms with E-state index in [-0.39, 0.29) is 4.88 Å². The summed E-state index contributed by atoms with van der Waals surface area (Å²) in [5.41, 5.74) is 0.748. The zero-order valence-electron chi connectivity index (χ0n) is 6.79. The van der Waals surface area contributed by atoms with E-state index in [1.807, 2.05) is 6.07 Å². The molecule has 0 fully saturated rings. The molecular weight excluding hydrogens is 186 g/mol. The summed E-state index contributed by atoms with van der Waals surface area (Å²) in [7, 11) is 0. The van der Waals surface area contributed by atoms with Crippen molar-refractivity contribution in [2.45, 2.75) is 6.92 Å². The van der Waals surface area contributed by atoms with Crippen molar-refractivity contribution < 1.29 is 9.90 Å². The highest BCUT2D eigenvalue weighted by Gasteiger charge is 2.17. The Labute approximate surface area is 79.2 Å². The molecule has 1 aromatic heterocycles. The molecule has 13 heavy (non-hydrogen) atoms. The Morgan fingerprint density at radius 3 is 2.62 bits per heavy atom. The van der Waals surface area contributed by atoms with Crippen LogP contribution >= 0.6 is 11.3 Å². The standard InChI is InChI=1S/C9H5NO2S/c1-3-7-6(4-10)5(2)8(13-7)9(11)12/h1H,2H3,(H,11,12). The summed E-state index contributed by atoms with van der Waals surface area (Å²) < 4.78 is 0. The number of hydrogen-bond donors (Lipinski definition) is 1. The molecule has 0 bridgehead atoms. The Balaban J connectivity index is 3.48. The number of thiophene rings is 1. The topological polar surface area (TPSA) is 61.1 Å². The second kappa shape index (κ2) is 3.30. The first kappa shape index (κ1) is 9.31. The average molecular weight is 191 g/mol. The third-order valence-electron chi connectivity index (χ3n) is 1.58. The van der Waals surface area contributed by atoms with Gasteiger partial charge in [-0.1, -0.05) is 5.92 Å². The minimum atomic E-state index is -1.04. The van der Waals surface area contributed by atoms with Crippen LogP contribution in [0.25, 0.3) is 0 Å². The molecule has 0 amide bonds. The van der Waals surface area contributed by atoms with Gasteiger partial charge in [-0.25, -0.2) is 4.79 Å².